The van der Waals surface area contributed by atoms with E-state index in [-0.39, 0.29) is 11.5 Å². The van der Waals surface area contributed by atoms with E-state index < -0.39 is 15.4 Å². The first-order valence-corrected chi connectivity index (χ1v) is 7.64. The summed E-state index contributed by atoms with van der Waals surface area (Å²) in [5, 5.41) is 10.2. The Morgan fingerprint density at radius 2 is 2.13 bits per heavy atom. The molecule has 1 rings (SSSR count). The van der Waals surface area contributed by atoms with Gasteiger partial charge in [-0.3, -0.25) is 0 Å². The quantitative estimate of drug-likeness (QED) is 0.788. The summed E-state index contributed by atoms with van der Waals surface area (Å²) in [5.74, 6) is 0.751. The van der Waals surface area contributed by atoms with Crippen LogP contribution in [0.15, 0.2) is 0 Å². The van der Waals surface area contributed by atoms with Crippen molar-refractivity contribution in [2.45, 2.75) is 51.6 Å². The van der Waals surface area contributed by atoms with Gasteiger partial charge in [-0.2, -0.15) is 0 Å². The van der Waals surface area contributed by atoms with E-state index in [1.54, 1.807) is 6.92 Å². The molecule has 0 radical (unpaired) electrons. The number of hydrogen-bond donors (Lipinski definition) is 1. The maximum Gasteiger partial charge on any atom is 0.150 e. The minimum atomic E-state index is -2.87. The standard InChI is InChI=1S/C11H22O3S/c1-3-15(13,14)9-5-8-11(12)7-4-6-10(11)2/h10,12H,3-9H2,1-2H3. The summed E-state index contributed by atoms with van der Waals surface area (Å²) in [5.41, 5.74) is -0.594. The average molecular weight is 234 g/mol. The fraction of sp³-hybridized carbons (Fsp3) is 1.00. The lowest BCUT2D eigenvalue weighted by Crippen LogP contribution is -2.32. The van der Waals surface area contributed by atoms with Crippen molar-refractivity contribution in [3.8, 4) is 0 Å². The van der Waals surface area contributed by atoms with Crippen molar-refractivity contribution in [3.05, 3.63) is 0 Å². The third-order valence-electron chi connectivity index (χ3n) is 3.67. The molecular formula is C11H22O3S. The van der Waals surface area contributed by atoms with E-state index >= 15 is 0 Å². The van der Waals surface area contributed by atoms with Gasteiger partial charge in [0.1, 0.15) is 9.84 Å². The van der Waals surface area contributed by atoms with Crippen LogP contribution in [0.3, 0.4) is 0 Å². The molecule has 0 amide bonds. The molecule has 1 N–H and O–H groups in total. The molecule has 1 fully saturated rings. The van der Waals surface area contributed by atoms with E-state index in [0.29, 0.717) is 18.8 Å². The molecule has 0 aliphatic heterocycles. The van der Waals surface area contributed by atoms with Crippen LogP contribution in [0, 0.1) is 5.92 Å². The van der Waals surface area contributed by atoms with Gasteiger partial charge in [-0.15, -0.1) is 0 Å². The zero-order valence-corrected chi connectivity index (χ0v) is 10.5. The van der Waals surface area contributed by atoms with Crippen LogP contribution < -0.4 is 0 Å². The van der Waals surface area contributed by atoms with Gasteiger partial charge in [0.15, 0.2) is 0 Å². The van der Waals surface area contributed by atoms with Crippen molar-refractivity contribution >= 4 is 9.84 Å². The predicted octanol–water partition coefficient (Wildman–Crippen LogP) is 1.75. The monoisotopic (exact) mass is 234 g/mol. The van der Waals surface area contributed by atoms with Crippen molar-refractivity contribution in [3.63, 3.8) is 0 Å². The van der Waals surface area contributed by atoms with E-state index in [4.69, 9.17) is 0 Å². The van der Waals surface area contributed by atoms with Crippen LogP contribution in [0.2, 0.25) is 0 Å². The molecule has 0 aromatic carbocycles. The van der Waals surface area contributed by atoms with Gasteiger partial charge >= 0.3 is 0 Å². The molecule has 90 valence electrons. The van der Waals surface area contributed by atoms with E-state index in [1.807, 2.05) is 0 Å². The van der Waals surface area contributed by atoms with Crippen LogP contribution in [0.4, 0.5) is 0 Å². The molecule has 1 saturated carbocycles. The molecule has 3 nitrogen and oxygen atoms in total. The second-order valence-corrected chi connectivity index (χ2v) is 7.21. The van der Waals surface area contributed by atoms with Crippen molar-refractivity contribution in [2.75, 3.05) is 11.5 Å². The van der Waals surface area contributed by atoms with Gasteiger partial charge in [-0.05, 0) is 31.6 Å². The molecule has 0 heterocycles. The smallest absolute Gasteiger partial charge is 0.150 e. The van der Waals surface area contributed by atoms with Gasteiger partial charge in [-0.1, -0.05) is 20.3 Å². The number of aliphatic hydroxyl groups is 1. The van der Waals surface area contributed by atoms with E-state index in [0.717, 1.165) is 19.3 Å². The lowest BCUT2D eigenvalue weighted by atomic mass is 9.88. The summed E-state index contributed by atoms with van der Waals surface area (Å²) in [6.45, 7) is 3.73. The minimum Gasteiger partial charge on any atom is -0.390 e. The van der Waals surface area contributed by atoms with Crippen molar-refractivity contribution in [2.24, 2.45) is 5.92 Å². The lowest BCUT2D eigenvalue weighted by molar-refractivity contribution is 0.000608. The summed E-state index contributed by atoms with van der Waals surface area (Å²) >= 11 is 0. The second kappa shape index (κ2) is 4.83. The molecule has 2 unspecified atom stereocenters. The summed E-state index contributed by atoms with van der Waals surface area (Å²) in [7, 11) is -2.87. The molecule has 2 atom stereocenters. The molecule has 15 heavy (non-hydrogen) atoms. The SMILES string of the molecule is CCS(=O)(=O)CCCC1(O)CCCC1C. The third kappa shape index (κ3) is 3.45. The van der Waals surface area contributed by atoms with Gasteiger partial charge < -0.3 is 5.11 Å². The summed E-state index contributed by atoms with van der Waals surface area (Å²) in [6, 6.07) is 0. The zero-order chi connectivity index (χ0) is 11.5. The Labute approximate surface area is 92.8 Å². The van der Waals surface area contributed by atoms with Crippen molar-refractivity contribution in [1.29, 1.82) is 0 Å². The maximum atomic E-state index is 11.3. The fourth-order valence-electron chi connectivity index (χ4n) is 2.34. The highest BCUT2D eigenvalue weighted by molar-refractivity contribution is 7.91. The zero-order valence-electron chi connectivity index (χ0n) is 9.70. The normalized spacial score (nSPS) is 32.1. The van der Waals surface area contributed by atoms with Gasteiger partial charge in [-0.25, -0.2) is 8.42 Å². The molecule has 0 aromatic heterocycles. The molecule has 0 bridgehead atoms. The van der Waals surface area contributed by atoms with Crippen LogP contribution in [-0.4, -0.2) is 30.6 Å². The number of rotatable bonds is 5. The third-order valence-corrected chi connectivity index (χ3v) is 5.46. The van der Waals surface area contributed by atoms with Gasteiger partial charge in [0.25, 0.3) is 0 Å². The van der Waals surface area contributed by atoms with E-state index in [1.165, 1.54) is 0 Å². The second-order valence-electron chi connectivity index (χ2n) is 4.74. The molecule has 0 spiro atoms. The van der Waals surface area contributed by atoms with Crippen LogP contribution in [0.1, 0.15) is 46.0 Å². The Morgan fingerprint density at radius 3 is 2.60 bits per heavy atom. The topological polar surface area (TPSA) is 54.4 Å². The Kier molecular flexibility index (Phi) is 4.18. The minimum absolute atomic E-state index is 0.209. The van der Waals surface area contributed by atoms with Crippen LogP contribution in [0.5, 0.6) is 0 Å². The summed E-state index contributed by atoms with van der Waals surface area (Å²) < 4.78 is 22.6. The van der Waals surface area contributed by atoms with Gasteiger partial charge in [0, 0.05) is 5.75 Å². The van der Waals surface area contributed by atoms with Crippen LogP contribution in [-0.2, 0) is 9.84 Å². The molecule has 0 saturated heterocycles. The fourth-order valence-corrected chi connectivity index (χ4v) is 3.22. The first-order valence-electron chi connectivity index (χ1n) is 5.82. The Bertz CT molecular complexity index is 297. The highest BCUT2D eigenvalue weighted by atomic mass is 32.2. The highest BCUT2D eigenvalue weighted by Gasteiger charge is 2.37. The summed E-state index contributed by atoms with van der Waals surface area (Å²) in [6.07, 6.45) is 4.19. The average Bonchev–Trinajstić information content (AvgIpc) is 2.47. The van der Waals surface area contributed by atoms with Crippen LogP contribution in [0.25, 0.3) is 0 Å². The van der Waals surface area contributed by atoms with E-state index in [9.17, 15) is 13.5 Å². The van der Waals surface area contributed by atoms with Gasteiger partial charge in [0.05, 0.1) is 11.4 Å². The van der Waals surface area contributed by atoms with Crippen LogP contribution >= 0.6 is 0 Å². The molecular weight excluding hydrogens is 212 g/mol. The number of sulfone groups is 1. The molecule has 1 aliphatic carbocycles. The molecule has 0 aromatic rings. The highest BCUT2D eigenvalue weighted by Crippen LogP contribution is 2.38. The number of hydrogen-bond acceptors (Lipinski definition) is 3. The van der Waals surface area contributed by atoms with Crippen molar-refractivity contribution in [1.82, 2.24) is 0 Å². The Morgan fingerprint density at radius 1 is 1.47 bits per heavy atom. The predicted molar refractivity (Wildman–Crippen MR) is 61.5 cm³/mol. The van der Waals surface area contributed by atoms with E-state index in [2.05, 4.69) is 6.92 Å². The van der Waals surface area contributed by atoms with Crippen molar-refractivity contribution < 1.29 is 13.5 Å². The summed E-state index contributed by atoms with van der Waals surface area (Å²) in [4.78, 5) is 0. The first-order chi connectivity index (χ1) is 6.90. The van der Waals surface area contributed by atoms with Gasteiger partial charge in [0.2, 0.25) is 0 Å². The Hall–Kier alpha value is -0.0900. The Balaban J connectivity index is 2.37. The lowest BCUT2D eigenvalue weighted by Gasteiger charge is -2.27. The molecule has 1 aliphatic rings. The maximum absolute atomic E-state index is 11.3. The first kappa shape index (κ1) is 13.0. The largest absolute Gasteiger partial charge is 0.390 e. The molecule has 4 heteroatoms.